The lowest BCUT2D eigenvalue weighted by Gasteiger charge is -2.28. The number of hydrogen-bond donors (Lipinski definition) is 1. The van der Waals surface area contributed by atoms with Crippen molar-refractivity contribution >= 4 is 34.0 Å². The maximum atomic E-state index is 13.5. The Morgan fingerprint density at radius 3 is 2.81 bits per heavy atom. The van der Waals surface area contributed by atoms with Crippen molar-refractivity contribution in [2.75, 3.05) is 44.8 Å². The van der Waals surface area contributed by atoms with Crippen molar-refractivity contribution in [2.24, 2.45) is 5.92 Å². The Hall–Kier alpha value is -3.55. The molecule has 1 saturated heterocycles. The van der Waals surface area contributed by atoms with Gasteiger partial charge in [0.05, 0.1) is 30.8 Å². The number of aromatic nitrogens is 3. The Morgan fingerprint density at radius 2 is 2.05 bits per heavy atom. The van der Waals surface area contributed by atoms with Crippen molar-refractivity contribution in [2.45, 2.75) is 12.8 Å². The third-order valence-corrected chi connectivity index (χ3v) is 7.32. The van der Waals surface area contributed by atoms with Crippen LogP contribution in [0.25, 0.3) is 27.9 Å². The SMILES string of the molecule is CN(/C=C(\c1cccc(Cl)c1)n1ccc(-c2c[nH]c3ncc(N4CCOCC4)cc23)cc1=O)CC1CC1. The molecule has 0 amide bonds. The van der Waals surface area contributed by atoms with E-state index in [4.69, 9.17) is 16.3 Å². The molecule has 1 aliphatic carbocycles. The van der Waals surface area contributed by atoms with Gasteiger partial charge in [-0.05, 0) is 48.6 Å². The first-order valence-electron chi connectivity index (χ1n) is 12.8. The fourth-order valence-corrected chi connectivity index (χ4v) is 5.15. The van der Waals surface area contributed by atoms with Gasteiger partial charge in [-0.25, -0.2) is 4.98 Å². The van der Waals surface area contributed by atoms with Gasteiger partial charge < -0.3 is 19.5 Å². The Labute approximate surface area is 220 Å². The molecule has 1 saturated carbocycles. The van der Waals surface area contributed by atoms with E-state index in [1.165, 1.54) is 12.8 Å². The zero-order chi connectivity index (χ0) is 25.4. The van der Waals surface area contributed by atoms with Crippen LogP contribution in [-0.2, 0) is 4.74 Å². The molecule has 0 spiro atoms. The van der Waals surface area contributed by atoms with Gasteiger partial charge in [0.2, 0.25) is 0 Å². The minimum absolute atomic E-state index is 0.102. The summed E-state index contributed by atoms with van der Waals surface area (Å²) < 4.78 is 7.19. The number of morpholine rings is 1. The highest BCUT2D eigenvalue weighted by Crippen LogP contribution is 2.32. The average Bonchev–Trinajstić information content (AvgIpc) is 3.62. The zero-order valence-electron chi connectivity index (χ0n) is 20.9. The van der Waals surface area contributed by atoms with Crippen molar-refractivity contribution in [1.82, 2.24) is 19.4 Å². The molecule has 4 heterocycles. The second-order valence-corrected chi connectivity index (χ2v) is 10.4. The molecule has 0 radical (unpaired) electrons. The summed E-state index contributed by atoms with van der Waals surface area (Å²) in [5.74, 6) is 0.735. The molecular weight excluding hydrogens is 486 g/mol. The summed E-state index contributed by atoms with van der Waals surface area (Å²) in [6, 6.07) is 13.5. The topological polar surface area (TPSA) is 66.4 Å². The number of nitrogens with zero attached hydrogens (tertiary/aromatic N) is 4. The van der Waals surface area contributed by atoms with Crippen molar-refractivity contribution in [3.05, 3.63) is 88.2 Å². The maximum absolute atomic E-state index is 13.5. The van der Waals surface area contributed by atoms with Gasteiger partial charge in [-0.1, -0.05) is 23.7 Å². The summed E-state index contributed by atoms with van der Waals surface area (Å²) in [6.07, 6.45) is 10.3. The van der Waals surface area contributed by atoms with Crippen LogP contribution in [0.3, 0.4) is 0 Å². The minimum Gasteiger partial charge on any atom is -0.378 e. The number of hydrogen-bond acceptors (Lipinski definition) is 5. The number of anilines is 1. The van der Waals surface area contributed by atoms with Gasteiger partial charge in [0.15, 0.2) is 0 Å². The normalized spacial score (nSPS) is 16.4. The van der Waals surface area contributed by atoms with E-state index in [0.29, 0.717) is 18.2 Å². The van der Waals surface area contributed by atoms with Crippen LogP contribution in [0.4, 0.5) is 5.69 Å². The van der Waals surface area contributed by atoms with E-state index in [1.54, 1.807) is 10.6 Å². The Kier molecular flexibility index (Phi) is 6.49. The zero-order valence-corrected chi connectivity index (χ0v) is 21.6. The van der Waals surface area contributed by atoms with Gasteiger partial charge in [-0.15, -0.1) is 0 Å². The molecule has 2 fully saturated rings. The molecule has 37 heavy (non-hydrogen) atoms. The Bertz CT molecular complexity index is 1510. The molecule has 1 aliphatic heterocycles. The largest absolute Gasteiger partial charge is 0.378 e. The molecule has 4 aromatic rings. The Balaban J connectivity index is 1.37. The van der Waals surface area contributed by atoms with E-state index in [1.807, 2.05) is 48.9 Å². The van der Waals surface area contributed by atoms with Crippen LogP contribution < -0.4 is 10.5 Å². The molecule has 0 unspecified atom stereocenters. The van der Waals surface area contributed by atoms with Crippen molar-refractivity contribution in [3.63, 3.8) is 0 Å². The van der Waals surface area contributed by atoms with Gasteiger partial charge in [0, 0.05) is 72.9 Å². The summed E-state index contributed by atoms with van der Waals surface area (Å²) in [4.78, 5) is 25.9. The number of ether oxygens (including phenoxy) is 1. The standard InChI is InChI=1S/C29H30ClN5O2/c1-33(18-20-5-6-20)19-27(22-3-2-4-23(30)13-22)35-8-7-21(14-28(35)36)26-17-32-29-25(26)15-24(16-31-29)34-9-11-37-12-10-34/h2-4,7-8,13-17,19-20H,5-6,9-12,18H2,1H3,(H,31,32)/b27-19+. The van der Waals surface area contributed by atoms with E-state index in [2.05, 4.69) is 39.1 Å². The van der Waals surface area contributed by atoms with Crippen LogP contribution in [-0.4, -0.2) is 59.3 Å². The third-order valence-electron chi connectivity index (χ3n) is 7.09. The van der Waals surface area contributed by atoms with Crippen molar-refractivity contribution < 1.29 is 4.74 Å². The van der Waals surface area contributed by atoms with Gasteiger partial charge in [0.25, 0.3) is 5.56 Å². The van der Waals surface area contributed by atoms with Crippen molar-refractivity contribution in [3.8, 4) is 11.1 Å². The lowest BCUT2D eigenvalue weighted by molar-refractivity contribution is 0.122. The molecule has 1 N–H and O–H groups in total. The van der Waals surface area contributed by atoms with E-state index in [-0.39, 0.29) is 5.56 Å². The lowest BCUT2D eigenvalue weighted by Crippen LogP contribution is -2.36. The van der Waals surface area contributed by atoms with Gasteiger partial charge in [0.1, 0.15) is 5.65 Å². The first-order valence-corrected chi connectivity index (χ1v) is 13.1. The third kappa shape index (κ3) is 5.15. The number of fused-ring (bicyclic) bond motifs is 1. The number of benzene rings is 1. The summed E-state index contributed by atoms with van der Waals surface area (Å²) in [5, 5.41) is 1.64. The molecule has 2 aliphatic rings. The highest BCUT2D eigenvalue weighted by molar-refractivity contribution is 6.30. The molecular formula is C29H30ClN5O2. The average molecular weight is 516 g/mol. The quantitative estimate of drug-likeness (QED) is 0.372. The van der Waals surface area contributed by atoms with Crippen LogP contribution in [0, 0.1) is 5.92 Å². The van der Waals surface area contributed by atoms with E-state index < -0.39 is 0 Å². The van der Waals surface area contributed by atoms with E-state index >= 15 is 0 Å². The smallest absolute Gasteiger partial charge is 0.255 e. The van der Waals surface area contributed by atoms with Gasteiger partial charge in [-0.2, -0.15) is 0 Å². The molecule has 190 valence electrons. The molecule has 6 rings (SSSR count). The number of H-pyrrole nitrogens is 1. The lowest BCUT2D eigenvalue weighted by atomic mass is 10.1. The molecule has 0 bridgehead atoms. The van der Waals surface area contributed by atoms with Crippen LogP contribution in [0.2, 0.25) is 5.02 Å². The summed E-state index contributed by atoms with van der Waals surface area (Å²) in [7, 11) is 2.06. The predicted octanol–water partition coefficient (Wildman–Crippen LogP) is 5.07. The molecule has 7 nitrogen and oxygen atoms in total. The summed E-state index contributed by atoms with van der Waals surface area (Å²) >= 11 is 6.32. The molecule has 8 heteroatoms. The van der Waals surface area contributed by atoms with Gasteiger partial charge >= 0.3 is 0 Å². The number of aromatic amines is 1. The number of halogens is 1. The molecule has 3 aromatic heterocycles. The van der Waals surface area contributed by atoms with Crippen LogP contribution in [0.1, 0.15) is 18.4 Å². The molecule has 1 aromatic carbocycles. The van der Waals surface area contributed by atoms with Gasteiger partial charge in [-0.3, -0.25) is 9.36 Å². The monoisotopic (exact) mass is 515 g/mol. The highest BCUT2D eigenvalue weighted by atomic mass is 35.5. The minimum atomic E-state index is -0.102. The van der Waals surface area contributed by atoms with Crippen molar-refractivity contribution in [1.29, 1.82) is 0 Å². The fourth-order valence-electron chi connectivity index (χ4n) is 4.96. The summed E-state index contributed by atoms with van der Waals surface area (Å²) in [5.41, 5.74) is 5.28. The van der Waals surface area contributed by atoms with Crippen LogP contribution in [0.5, 0.6) is 0 Å². The fraction of sp³-hybridized carbons (Fsp3) is 0.310. The van der Waals surface area contributed by atoms with Crippen LogP contribution in [0.15, 0.2) is 72.0 Å². The maximum Gasteiger partial charge on any atom is 0.255 e. The van der Waals surface area contributed by atoms with E-state index in [9.17, 15) is 4.79 Å². The van der Waals surface area contributed by atoms with Crippen LogP contribution >= 0.6 is 11.6 Å². The first-order chi connectivity index (χ1) is 18.0. The second-order valence-electron chi connectivity index (χ2n) is 9.92. The predicted molar refractivity (Wildman–Crippen MR) is 149 cm³/mol. The number of nitrogens with one attached hydrogen (secondary N) is 1. The molecule has 0 atom stereocenters. The number of pyridine rings is 2. The van der Waals surface area contributed by atoms with E-state index in [0.717, 1.165) is 64.7 Å². The second kappa shape index (κ2) is 10.1. The Morgan fingerprint density at radius 1 is 1.22 bits per heavy atom. The number of rotatable bonds is 7. The summed E-state index contributed by atoms with van der Waals surface area (Å²) in [6.45, 7) is 4.10. The first kappa shape index (κ1) is 23.8. The highest BCUT2D eigenvalue weighted by Gasteiger charge is 2.22.